The van der Waals surface area contributed by atoms with Crippen molar-refractivity contribution in [1.29, 1.82) is 0 Å². The largest absolute Gasteiger partial charge is 0.328 e. The van der Waals surface area contributed by atoms with Crippen molar-refractivity contribution in [2.45, 2.75) is 77.6 Å². The predicted molar refractivity (Wildman–Crippen MR) is 79.2 cm³/mol. The molecule has 0 unspecified atom stereocenters. The molecule has 19 heavy (non-hydrogen) atoms. The van der Waals surface area contributed by atoms with Gasteiger partial charge in [-0.2, -0.15) is 0 Å². The number of hydrogen-bond acceptors (Lipinski definition) is 3. The van der Waals surface area contributed by atoms with Gasteiger partial charge in [0.1, 0.15) is 0 Å². The molecule has 0 atom stereocenters. The maximum Gasteiger partial charge on any atom is 0.291 e. The Bertz CT molecular complexity index is 162. The molecule has 0 aromatic carbocycles. The van der Waals surface area contributed by atoms with E-state index in [4.69, 9.17) is 15.3 Å². The van der Waals surface area contributed by atoms with Crippen LogP contribution in [0.1, 0.15) is 77.6 Å². The van der Waals surface area contributed by atoms with Crippen molar-refractivity contribution in [3.63, 3.8) is 0 Å². The summed E-state index contributed by atoms with van der Waals surface area (Å²) in [5.41, 5.74) is 0. The summed E-state index contributed by atoms with van der Waals surface area (Å²) in [6, 6.07) is 0. The molecule has 0 aliphatic heterocycles. The molecule has 0 bridgehead atoms. The third kappa shape index (κ3) is 31.7. The van der Waals surface area contributed by atoms with Crippen LogP contribution in [-0.4, -0.2) is 23.9 Å². The average molecular weight is 276 g/mol. The summed E-state index contributed by atoms with van der Waals surface area (Å²) in [5.74, 6) is 0. The monoisotopic (exact) mass is 276 g/mol. The van der Waals surface area contributed by atoms with Crippen LogP contribution >= 0.6 is 0 Å². The molecule has 0 saturated heterocycles. The maximum absolute atomic E-state index is 8.36. The van der Waals surface area contributed by atoms with Crippen molar-refractivity contribution in [3.8, 4) is 0 Å². The lowest BCUT2D eigenvalue weighted by molar-refractivity contribution is -0.742. The number of nitrogens with one attached hydrogen (secondary N) is 1. The number of unbranched alkanes of at least 4 members (excludes halogenated alkanes) is 10. The molecule has 0 radical (unpaired) electrons. The summed E-state index contributed by atoms with van der Waals surface area (Å²) in [5, 5.41) is 16.8. The Balaban J connectivity index is 0. The molecule has 2 N–H and O–H groups in total. The number of nitrogens with zero attached hydrogens (tertiary/aromatic N) is 1. The highest BCUT2D eigenvalue weighted by Gasteiger charge is 1.92. The Kier molecular flexibility index (Phi) is 21.0. The Morgan fingerprint density at radius 2 is 1.21 bits per heavy atom. The van der Waals surface area contributed by atoms with Crippen molar-refractivity contribution in [1.82, 2.24) is 5.32 Å². The quantitative estimate of drug-likeness (QED) is 0.319. The van der Waals surface area contributed by atoms with Gasteiger partial charge in [0.25, 0.3) is 5.09 Å². The SMILES string of the molecule is CCCCCCCCCCCCCNC.O=[N+]([O-])O. The van der Waals surface area contributed by atoms with Gasteiger partial charge in [-0.15, -0.1) is 10.1 Å². The third-order valence-electron chi connectivity index (χ3n) is 3.03. The van der Waals surface area contributed by atoms with Crippen LogP contribution in [0, 0.1) is 10.1 Å². The highest BCUT2D eigenvalue weighted by Crippen LogP contribution is 2.10. The van der Waals surface area contributed by atoms with E-state index < -0.39 is 5.09 Å². The number of rotatable bonds is 12. The van der Waals surface area contributed by atoms with Crippen LogP contribution in [0.15, 0.2) is 0 Å². The third-order valence-corrected chi connectivity index (χ3v) is 3.03. The first kappa shape index (κ1) is 20.5. The molecule has 0 amide bonds. The molecule has 0 saturated carbocycles. The van der Waals surface area contributed by atoms with Crippen LogP contribution in [-0.2, 0) is 0 Å². The fraction of sp³-hybridized carbons (Fsp3) is 1.00. The van der Waals surface area contributed by atoms with Crippen molar-refractivity contribution in [2.75, 3.05) is 13.6 Å². The van der Waals surface area contributed by atoms with Crippen molar-refractivity contribution < 1.29 is 10.3 Å². The van der Waals surface area contributed by atoms with Crippen LogP contribution in [0.3, 0.4) is 0 Å². The van der Waals surface area contributed by atoms with Crippen LogP contribution in [0.4, 0.5) is 0 Å². The van der Waals surface area contributed by atoms with E-state index in [1.807, 2.05) is 7.05 Å². The molecule has 0 rings (SSSR count). The van der Waals surface area contributed by atoms with Gasteiger partial charge in [-0.1, -0.05) is 71.1 Å². The normalized spacial score (nSPS) is 9.79. The van der Waals surface area contributed by atoms with Gasteiger partial charge >= 0.3 is 0 Å². The van der Waals surface area contributed by atoms with E-state index in [1.54, 1.807) is 0 Å². The minimum atomic E-state index is -1.50. The molecule has 0 spiro atoms. The zero-order valence-electron chi connectivity index (χ0n) is 12.7. The van der Waals surface area contributed by atoms with Crippen molar-refractivity contribution >= 4 is 0 Å². The second-order valence-electron chi connectivity index (χ2n) is 4.88. The standard InChI is InChI=1S/C14H31N.HNO3/c1-3-4-5-6-7-8-9-10-11-12-13-14-15-2;2-1(3)4/h15H,3-14H2,1-2H3;(H,2,3,4). The van der Waals surface area contributed by atoms with Gasteiger partial charge in [-0.05, 0) is 20.0 Å². The van der Waals surface area contributed by atoms with Crippen LogP contribution in [0.5, 0.6) is 0 Å². The summed E-state index contributed by atoms with van der Waals surface area (Å²) in [6.45, 7) is 3.47. The van der Waals surface area contributed by atoms with Gasteiger partial charge < -0.3 is 10.5 Å². The molecule has 0 aliphatic carbocycles. The van der Waals surface area contributed by atoms with E-state index in [0.29, 0.717) is 0 Å². The highest BCUT2D eigenvalue weighted by atomic mass is 16.9. The first-order valence-corrected chi connectivity index (χ1v) is 7.63. The van der Waals surface area contributed by atoms with E-state index >= 15 is 0 Å². The fourth-order valence-electron chi connectivity index (χ4n) is 1.97. The van der Waals surface area contributed by atoms with E-state index in [-0.39, 0.29) is 0 Å². The molecule has 0 aromatic rings. The molecular formula is C14H32N2O3. The Hall–Kier alpha value is -0.840. The predicted octanol–water partition coefficient (Wildman–Crippen LogP) is 4.17. The van der Waals surface area contributed by atoms with E-state index in [1.165, 1.54) is 77.2 Å². The Morgan fingerprint density at radius 1 is 0.895 bits per heavy atom. The molecule has 0 fully saturated rings. The lowest BCUT2D eigenvalue weighted by Gasteiger charge is -2.02. The molecular weight excluding hydrogens is 244 g/mol. The first-order valence-electron chi connectivity index (χ1n) is 7.63. The summed E-state index contributed by atoms with van der Waals surface area (Å²) >= 11 is 0. The molecule has 5 nitrogen and oxygen atoms in total. The van der Waals surface area contributed by atoms with E-state index in [0.717, 1.165) is 0 Å². The summed E-state index contributed by atoms with van der Waals surface area (Å²) in [7, 11) is 2.04. The molecule has 0 aromatic heterocycles. The molecule has 116 valence electrons. The first-order chi connectivity index (χ1) is 9.15. The number of hydrogen-bond donors (Lipinski definition) is 2. The van der Waals surface area contributed by atoms with Crippen LogP contribution in [0.25, 0.3) is 0 Å². The second-order valence-corrected chi connectivity index (χ2v) is 4.88. The van der Waals surface area contributed by atoms with Gasteiger partial charge in [-0.3, -0.25) is 0 Å². The fourth-order valence-corrected chi connectivity index (χ4v) is 1.97. The topological polar surface area (TPSA) is 75.4 Å². The average Bonchev–Trinajstić information content (AvgIpc) is 2.35. The maximum atomic E-state index is 8.36. The molecule has 0 heterocycles. The van der Waals surface area contributed by atoms with Crippen molar-refractivity contribution in [2.24, 2.45) is 0 Å². The Labute approximate surface area is 117 Å². The summed E-state index contributed by atoms with van der Waals surface area (Å²) < 4.78 is 0. The zero-order chi connectivity index (χ0) is 14.8. The van der Waals surface area contributed by atoms with Crippen LogP contribution in [0.2, 0.25) is 0 Å². The van der Waals surface area contributed by atoms with Gasteiger partial charge in [-0.25, -0.2) is 0 Å². The van der Waals surface area contributed by atoms with Gasteiger partial charge in [0.2, 0.25) is 0 Å². The van der Waals surface area contributed by atoms with Crippen molar-refractivity contribution in [3.05, 3.63) is 10.1 Å². The minimum Gasteiger partial charge on any atom is -0.328 e. The van der Waals surface area contributed by atoms with Gasteiger partial charge in [0, 0.05) is 0 Å². The molecule has 0 aliphatic rings. The minimum absolute atomic E-state index is 1.19. The zero-order valence-corrected chi connectivity index (χ0v) is 12.7. The van der Waals surface area contributed by atoms with Crippen LogP contribution < -0.4 is 5.32 Å². The van der Waals surface area contributed by atoms with E-state index in [9.17, 15) is 0 Å². The smallest absolute Gasteiger partial charge is 0.291 e. The summed E-state index contributed by atoms with van der Waals surface area (Å²) in [6.07, 6.45) is 15.8. The lowest BCUT2D eigenvalue weighted by Crippen LogP contribution is -2.06. The lowest BCUT2D eigenvalue weighted by atomic mass is 10.1. The molecule has 5 heteroatoms. The second kappa shape index (κ2) is 19.5. The van der Waals surface area contributed by atoms with E-state index in [2.05, 4.69) is 12.2 Å². The van der Waals surface area contributed by atoms with Gasteiger partial charge in [0.05, 0.1) is 0 Å². The van der Waals surface area contributed by atoms with Gasteiger partial charge in [0.15, 0.2) is 0 Å². The highest BCUT2D eigenvalue weighted by molar-refractivity contribution is 4.48. The summed E-state index contributed by atoms with van der Waals surface area (Å²) in [4.78, 5) is 8.36. The Morgan fingerprint density at radius 3 is 1.53 bits per heavy atom.